The zero-order valence-corrected chi connectivity index (χ0v) is 39.3. The Kier molecular flexibility index (Phi) is 13.4. The van der Waals surface area contributed by atoms with E-state index in [2.05, 4.69) is 30.1 Å². The molecule has 4 heterocycles. The number of carbonyl (C=O) groups is 2. The van der Waals surface area contributed by atoms with E-state index in [0.29, 0.717) is 56.1 Å². The normalized spacial score (nSPS) is 22.2. The van der Waals surface area contributed by atoms with Gasteiger partial charge < -0.3 is 39.0 Å². The van der Waals surface area contributed by atoms with Gasteiger partial charge in [-0.05, 0) is 110 Å². The zero-order valence-electron chi connectivity index (χ0n) is 37.6. The number of benzene rings is 3. The Hall–Kier alpha value is -4.67. The van der Waals surface area contributed by atoms with Crippen LogP contribution >= 0.6 is 11.3 Å². The lowest BCUT2D eigenvalue weighted by molar-refractivity contribution is -0.181. The first kappa shape index (κ1) is 45.9. The molecule has 1 aliphatic carbocycles. The van der Waals surface area contributed by atoms with Crippen LogP contribution < -0.4 is 19.7 Å². The number of rotatable bonds is 17. The second kappa shape index (κ2) is 18.7. The van der Waals surface area contributed by atoms with Crippen molar-refractivity contribution < 1.29 is 46.8 Å². The summed E-state index contributed by atoms with van der Waals surface area (Å²) in [5.74, 6) is -0.367. The van der Waals surface area contributed by atoms with Gasteiger partial charge in [0, 0.05) is 35.3 Å². The average Bonchev–Trinajstić information content (AvgIpc) is 3.91. The maximum Gasteiger partial charge on any atom is 0.407 e. The first-order valence-corrected chi connectivity index (χ1v) is 24.6. The molecule has 2 N–H and O–H groups in total. The van der Waals surface area contributed by atoms with Crippen LogP contribution in [0.4, 0.5) is 10.5 Å². The molecule has 0 saturated carbocycles. The number of aromatic carboxylic acids is 1. The molecule has 0 spiro atoms. The number of alkyl carbamates (subject to hydrolysis) is 1. The van der Waals surface area contributed by atoms with Gasteiger partial charge in [0.15, 0.2) is 5.79 Å². The summed E-state index contributed by atoms with van der Waals surface area (Å²) in [5.41, 5.74) is 4.40. The summed E-state index contributed by atoms with van der Waals surface area (Å²) in [5, 5.41) is 13.5. The maximum atomic E-state index is 14.0. The molecule has 1 amide bonds. The van der Waals surface area contributed by atoms with E-state index in [0.717, 1.165) is 52.9 Å². The molecule has 1 aromatic heterocycles. The molecular formula is C49H61N3O10S2. The Morgan fingerprint density at radius 2 is 1.72 bits per heavy atom. The highest BCUT2D eigenvalue weighted by Crippen LogP contribution is 2.48. The number of fused-ring (bicyclic) bond motifs is 2. The third-order valence-corrected chi connectivity index (χ3v) is 16.3. The summed E-state index contributed by atoms with van der Waals surface area (Å²) >= 11 is 1.63. The van der Waals surface area contributed by atoms with E-state index in [-0.39, 0.29) is 41.4 Å². The Morgan fingerprint density at radius 1 is 1.00 bits per heavy atom. The lowest BCUT2D eigenvalue weighted by Gasteiger charge is -2.41. The number of sulfonamides is 1. The second-order valence-electron chi connectivity index (χ2n) is 18.9. The number of thiophene rings is 1. The number of carboxylic acid groups (broad SMARTS) is 1. The fourth-order valence-electron chi connectivity index (χ4n) is 9.55. The number of carboxylic acids is 1. The second-order valence-corrected chi connectivity index (χ2v) is 22.0. The third kappa shape index (κ3) is 9.93. The highest BCUT2D eigenvalue weighted by atomic mass is 32.2. The van der Waals surface area contributed by atoms with Crippen LogP contribution in [-0.4, -0.2) is 100 Å². The van der Waals surface area contributed by atoms with Crippen LogP contribution in [0, 0.1) is 17.3 Å². The molecule has 1 unspecified atom stereocenters. The topological polar surface area (TPSA) is 153 Å². The standard InChI is InChI=1S/C49H61N3O10S2/c1-31(2)27-52(64(56,57)37-17-15-34(58-6)16-18-37)23-20-33(50-47(55)62-42-30-60-49(5)40(42)21-24-59-49)25-32-11-13-35(14-12-32)61-36-28-51(29-36)41-10-8-7-9-38(41)45-44(46(53)54)39-26-48(3,4)22-19-43(39)63-45/h7-18,31,33,36,40,42H,19-30H2,1-6H3,(H,50,55)(H,53,54)/t33-,40+,42+,49?/m1/s1. The molecule has 3 aromatic carbocycles. The molecule has 4 aliphatic rings. The number of carbonyl (C=O) groups excluding carboxylic acids is 1. The number of nitrogens with one attached hydrogen (secondary N) is 1. The predicted octanol–water partition coefficient (Wildman–Crippen LogP) is 8.43. The van der Waals surface area contributed by atoms with Crippen molar-refractivity contribution >= 4 is 39.1 Å². The number of amides is 1. The van der Waals surface area contributed by atoms with Crippen LogP contribution in [0.25, 0.3) is 10.4 Å². The van der Waals surface area contributed by atoms with Crippen molar-refractivity contribution in [2.45, 2.75) is 102 Å². The summed E-state index contributed by atoms with van der Waals surface area (Å²) in [6, 6.07) is 21.8. The van der Waals surface area contributed by atoms with Crippen molar-refractivity contribution in [1.29, 1.82) is 0 Å². The van der Waals surface area contributed by atoms with Crippen LogP contribution in [0.5, 0.6) is 11.5 Å². The fraction of sp³-hybridized carbons (Fsp3) is 0.510. The SMILES string of the molecule is COc1ccc(S(=O)(=O)N(CC[C@H](Cc2ccc(OC3CN(c4ccccc4-c4sc5c(c4C(=O)O)CC(C)(C)CC5)C3)cc2)NC(=O)O[C@H]2COC3(C)OCC[C@@H]23)CC(C)C)cc1. The van der Waals surface area contributed by atoms with Crippen molar-refractivity contribution in [2.24, 2.45) is 17.3 Å². The van der Waals surface area contributed by atoms with Gasteiger partial charge in [0.25, 0.3) is 0 Å². The number of aryl methyl sites for hydroxylation is 1. The molecule has 3 fully saturated rings. The number of para-hydroxylation sites is 1. The van der Waals surface area contributed by atoms with Gasteiger partial charge in [0.05, 0.1) is 54.7 Å². The summed E-state index contributed by atoms with van der Waals surface area (Å²) in [6.45, 7) is 12.8. The molecule has 4 aromatic rings. The summed E-state index contributed by atoms with van der Waals surface area (Å²) in [4.78, 5) is 30.7. The molecule has 8 rings (SSSR count). The minimum Gasteiger partial charge on any atom is -0.497 e. The van der Waals surface area contributed by atoms with Crippen molar-refractivity contribution in [3.05, 3.63) is 94.4 Å². The van der Waals surface area contributed by atoms with Crippen molar-refractivity contribution in [3.8, 4) is 21.9 Å². The monoisotopic (exact) mass is 915 g/mol. The average molecular weight is 916 g/mol. The van der Waals surface area contributed by atoms with Crippen molar-refractivity contribution in [3.63, 3.8) is 0 Å². The zero-order chi connectivity index (χ0) is 45.4. The van der Waals surface area contributed by atoms with Gasteiger partial charge in [0.1, 0.15) is 23.7 Å². The minimum atomic E-state index is -3.86. The van der Waals surface area contributed by atoms with E-state index in [1.807, 2.05) is 63.2 Å². The van der Waals surface area contributed by atoms with Crippen molar-refractivity contribution in [1.82, 2.24) is 9.62 Å². The Labute approximate surface area is 381 Å². The highest BCUT2D eigenvalue weighted by molar-refractivity contribution is 7.89. The van der Waals surface area contributed by atoms with Crippen LogP contribution in [0.2, 0.25) is 0 Å². The first-order chi connectivity index (χ1) is 30.5. The minimum absolute atomic E-state index is 0.0589. The van der Waals surface area contributed by atoms with Crippen LogP contribution in [-0.2, 0) is 43.5 Å². The molecular weight excluding hydrogens is 855 g/mol. The summed E-state index contributed by atoms with van der Waals surface area (Å²) in [6.07, 6.45) is 3.10. The van der Waals surface area contributed by atoms with Crippen molar-refractivity contribution in [2.75, 3.05) is 51.4 Å². The maximum absolute atomic E-state index is 14.0. The van der Waals surface area contributed by atoms with Gasteiger partial charge in [-0.2, -0.15) is 4.31 Å². The Morgan fingerprint density at radius 3 is 2.42 bits per heavy atom. The van der Waals surface area contributed by atoms with E-state index in [1.54, 1.807) is 35.6 Å². The van der Waals surface area contributed by atoms with Gasteiger partial charge >= 0.3 is 12.1 Å². The van der Waals surface area contributed by atoms with Crippen LogP contribution in [0.15, 0.2) is 77.7 Å². The lowest BCUT2D eigenvalue weighted by Crippen LogP contribution is -2.54. The van der Waals surface area contributed by atoms with E-state index in [1.165, 1.54) is 16.3 Å². The van der Waals surface area contributed by atoms with Gasteiger partial charge in [-0.1, -0.05) is 58.0 Å². The molecule has 3 saturated heterocycles. The molecule has 344 valence electrons. The molecule has 3 aliphatic heterocycles. The molecule has 13 nitrogen and oxygen atoms in total. The number of hydrogen-bond donors (Lipinski definition) is 2. The van der Waals surface area contributed by atoms with E-state index in [9.17, 15) is 23.1 Å². The predicted molar refractivity (Wildman–Crippen MR) is 246 cm³/mol. The smallest absolute Gasteiger partial charge is 0.407 e. The quantitative estimate of drug-likeness (QED) is 0.105. The van der Waals surface area contributed by atoms with E-state index < -0.39 is 40.0 Å². The van der Waals surface area contributed by atoms with E-state index in [4.69, 9.17) is 23.7 Å². The number of ether oxygens (including phenoxy) is 5. The Bertz CT molecular complexity index is 2410. The highest BCUT2D eigenvalue weighted by Gasteiger charge is 2.53. The molecule has 4 atom stereocenters. The van der Waals surface area contributed by atoms with E-state index >= 15 is 0 Å². The van der Waals surface area contributed by atoms with Gasteiger partial charge in [-0.15, -0.1) is 11.3 Å². The lowest BCUT2D eigenvalue weighted by atomic mass is 9.76. The molecule has 64 heavy (non-hydrogen) atoms. The molecule has 0 bridgehead atoms. The number of hydrogen-bond acceptors (Lipinski definition) is 11. The largest absolute Gasteiger partial charge is 0.497 e. The Balaban J connectivity index is 0.934. The molecule has 15 heteroatoms. The van der Waals surface area contributed by atoms with Crippen LogP contribution in [0.1, 0.15) is 80.2 Å². The van der Waals surface area contributed by atoms with Gasteiger partial charge in [-0.3, -0.25) is 0 Å². The van der Waals surface area contributed by atoms with Gasteiger partial charge in [0.2, 0.25) is 10.0 Å². The fourth-order valence-corrected chi connectivity index (χ4v) is 12.5. The first-order valence-electron chi connectivity index (χ1n) is 22.4. The van der Waals surface area contributed by atoms with Gasteiger partial charge in [-0.25, -0.2) is 18.0 Å². The third-order valence-electron chi connectivity index (χ3n) is 13.1. The van der Waals surface area contributed by atoms with Crippen LogP contribution in [0.3, 0.4) is 0 Å². The molecule has 0 radical (unpaired) electrons. The summed E-state index contributed by atoms with van der Waals surface area (Å²) < 4.78 is 58.7. The number of methoxy groups -OCH3 is 1. The number of anilines is 1. The summed E-state index contributed by atoms with van der Waals surface area (Å²) in [7, 11) is -2.32. The number of nitrogens with zero attached hydrogens (tertiary/aromatic N) is 2.